The van der Waals surface area contributed by atoms with Gasteiger partial charge < -0.3 is 9.52 Å². The molecule has 2 aromatic heterocycles. The van der Waals surface area contributed by atoms with Crippen molar-refractivity contribution in [3.05, 3.63) is 42.3 Å². The number of nitrogens with zero attached hydrogens (tertiary/aromatic N) is 3. The van der Waals surface area contributed by atoms with Gasteiger partial charge in [0.05, 0.1) is 13.1 Å². The first kappa shape index (κ1) is 18.9. The molecule has 0 bridgehead atoms. The normalized spacial score (nSPS) is 18.8. The molecule has 0 radical (unpaired) electrons. The Bertz CT molecular complexity index is 707. The zero-order valence-corrected chi connectivity index (χ0v) is 15.8. The van der Waals surface area contributed by atoms with E-state index in [1.54, 1.807) is 6.20 Å². The molecule has 0 aromatic carbocycles. The first-order chi connectivity index (χ1) is 12.6. The molecule has 6 nitrogen and oxygen atoms in total. The number of likely N-dealkylation sites (tertiary alicyclic amines) is 1. The molecule has 26 heavy (non-hydrogen) atoms. The third kappa shape index (κ3) is 5.59. The van der Waals surface area contributed by atoms with Crippen molar-refractivity contribution in [2.45, 2.75) is 42.0 Å². The highest BCUT2D eigenvalue weighted by molar-refractivity contribution is 7.99. The first-order valence-electron chi connectivity index (χ1n) is 8.92. The average molecular weight is 375 g/mol. The number of carbonyl (C=O) groups is 1. The zero-order valence-electron chi connectivity index (χ0n) is 15.0. The molecule has 0 amide bonds. The van der Waals surface area contributed by atoms with Crippen LogP contribution in [-0.2, 0) is 11.3 Å². The smallest absolute Gasteiger partial charge is 0.317 e. The summed E-state index contributed by atoms with van der Waals surface area (Å²) < 4.78 is 5.95. The van der Waals surface area contributed by atoms with E-state index >= 15 is 0 Å². The van der Waals surface area contributed by atoms with Crippen molar-refractivity contribution in [3.8, 4) is 0 Å². The lowest BCUT2D eigenvalue weighted by Gasteiger charge is -2.25. The van der Waals surface area contributed by atoms with Crippen LogP contribution in [0.25, 0.3) is 0 Å². The molecule has 1 aliphatic heterocycles. The fourth-order valence-electron chi connectivity index (χ4n) is 3.31. The van der Waals surface area contributed by atoms with Crippen LogP contribution in [0.3, 0.4) is 0 Å². The van der Waals surface area contributed by atoms with Crippen LogP contribution < -0.4 is 0 Å². The number of aromatic nitrogens is 1. The summed E-state index contributed by atoms with van der Waals surface area (Å²) in [5.41, 5.74) is 0. The third-order valence-electron chi connectivity index (χ3n) is 4.66. The predicted octanol–water partition coefficient (Wildman–Crippen LogP) is 3.20. The molecule has 1 aliphatic rings. The van der Waals surface area contributed by atoms with Gasteiger partial charge in [0.1, 0.15) is 10.8 Å². The Hall–Kier alpha value is -1.83. The van der Waals surface area contributed by atoms with Crippen molar-refractivity contribution in [1.82, 2.24) is 14.8 Å². The van der Waals surface area contributed by atoms with E-state index in [2.05, 4.69) is 9.88 Å². The quantitative estimate of drug-likeness (QED) is 0.797. The lowest BCUT2D eigenvalue weighted by molar-refractivity contribution is -0.138. The highest BCUT2D eigenvalue weighted by Crippen LogP contribution is 2.28. The van der Waals surface area contributed by atoms with Gasteiger partial charge in [-0.3, -0.25) is 14.6 Å². The molecule has 2 aromatic rings. The maximum Gasteiger partial charge on any atom is 0.317 e. The highest BCUT2D eigenvalue weighted by Gasteiger charge is 2.22. The van der Waals surface area contributed by atoms with Crippen LogP contribution in [0, 0.1) is 0 Å². The molecule has 1 atom stereocenters. The summed E-state index contributed by atoms with van der Waals surface area (Å²) in [4.78, 5) is 19.6. The Morgan fingerprint density at radius 3 is 3.00 bits per heavy atom. The molecule has 7 heteroatoms. The summed E-state index contributed by atoms with van der Waals surface area (Å²) >= 11 is 1.53. The molecule has 1 N–H and O–H groups in total. The van der Waals surface area contributed by atoms with Gasteiger partial charge >= 0.3 is 5.97 Å². The topological polar surface area (TPSA) is 69.8 Å². The molecule has 140 valence electrons. The van der Waals surface area contributed by atoms with E-state index in [0.717, 1.165) is 54.8 Å². The predicted molar refractivity (Wildman–Crippen MR) is 100 cm³/mol. The number of hydrogen-bond acceptors (Lipinski definition) is 6. The van der Waals surface area contributed by atoms with E-state index in [-0.39, 0.29) is 6.54 Å². The van der Waals surface area contributed by atoms with Gasteiger partial charge in [-0.05, 0) is 68.9 Å². The number of carboxylic acid groups (broad SMARTS) is 1. The Kier molecular flexibility index (Phi) is 6.71. The third-order valence-corrected chi connectivity index (χ3v) is 5.53. The van der Waals surface area contributed by atoms with Crippen LogP contribution in [0.5, 0.6) is 0 Å². The van der Waals surface area contributed by atoms with Gasteiger partial charge in [0.2, 0.25) is 0 Å². The lowest BCUT2D eigenvalue weighted by atomic mass is 10.1. The minimum Gasteiger partial charge on any atom is -0.480 e. The average Bonchev–Trinajstić information content (AvgIpc) is 2.90. The van der Waals surface area contributed by atoms with Gasteiger partial charge in [-0.1, -0.05) is 6.07 Å². The summed E-state index contributed by atoms with van der Waals surface area (Å²) in [6, 6.07) is 10.2. The molecule has 1 saturated heterocycles. The fourth-order valence-corrected chi connectivity index (χ4v) is 4.06. The molecule has 0 saturated carbocycles. The van der Waals surface area contributed by atoms with E-state index < -0.39 is 5.97 Å². The highest BCUT2D eigenvalue weighted by atomic mass is 32.2. The van der Waals surface area contributed by atoms with Crippen molar-refractivity contribution >= 4 is 17.7 Å². The van der Waals surface area contributed by atoms with Gasteiger partial charge in [-0.25, -0.2) is 4.98 Å². The lowest BCUT2D eigenvalue weighted by Crippen LogP contribution is -2.36. The number of aliphatic carboxylic acids is 1. The summed E-state index contributed by atoms with van der Waals surface area (Å²) in [7, 11) is 1.90. The van der Waals surface area contributed by atoms with Crippen LogP contribution in [0.15, 0.2) is 51.1 Å². The van der Waals surface area contributed by atoms with Crippen molar-refractivity contribution < 1.29 is 14.3 Å². The number of furan rings is 1. The molecular weight excluding hydrogens is 350 g/mol. The standard InChI is InChI=1S/C19H25N3O3S/c1-21(14-18(23)24)15-5-4-11-22(12-9-15)13-16-7-8-19(25-16)26-17-6-2-3-10-20-17/h2-3,6-8,10,15H,4-5,9,11-14H2,1H3,(H,23,24). The molecular formula is C19H25N3O3S. The van der Waals surface area contributed by atoms with Gasteiger partial charge in [0.25, 0.3) is 0 Å². The van der Waals surface area contributed by atoms with Crippen molar-refractivity contribution in [2.75, 3.05) is 26.7 Å². The van der Waals surface area contributed by atoms with Gasteiger partial charge in [-0.2, -0.15) is 0 Å². The van der Waals surface area contributed by atoms with Crippen molar-refractivity contribution in [1.29, 1.82) is 0 Å². The fraction of sp³-hybridized carbons (Fsp3) is 0.474. The SMILES string of the molecule is CN(CC(=O)O)C1CCCN(Cc2ccc(Sc3ccccn3)o2)CC1. The summed E-state index contributed by atoms with van der Waals surface area (Å²) in [6.45, 7) is 2.87. The number of pyridine rings is 1. The van der Waals surface area contributed by atoms with Crippen LogP contribution in [0.2, 0.25) is 0 Å². The van der Waals surface area contributed by atoms with Crippen molar-refractivity contribution in [3.63, 3.8) is 0 Å². The Balaban J connectivity index is 1.51. The first-order valence-corrected chi connectivity index (χ1v) is 9.74. The van der Waals surface area contributed by atoms with Gasteiger partial charge in [0.15, 0.2) is 5.09 Å². The Morgan fingerprint density at radius 1 is 1.35 bits per heavy atom. The maximum atomic E-state index is 10.9. The zero-order chi connectivity index (χ0) is 18.4. The number of likely N-dealkylation sites (N-methyl/N-ethyl adjacent to an activating group) is 1. The van der Waals surface area contributed by atoms with Crippen LogP contribution in [-0.4, -0.2) is 58.6 Å². The molecule has 1 unspecified atom stereocenters. The summed E-state index contributed by atoms with van der Waals surface area (Å²) in [5, 5.41) is 10.7. The second-order valence-corrected chi connectivity index (χ2v) is 7.69. The summed E-state index contributed by atoms with van der Waals surface area (Å²) in [5.74, 6) is 0.197. The van der Waals surface area contributed by atoms with E-state index in [1.165, 1.54) is 11.8 Å². The minimum absolute atomic E-state index is 0.108. The number of carboxylic acids is 1. The molecule has 0 spiro atoms. The van der Waals surface area contributed by atoms with E-state index in [0.29, 0.717) is 6.04 Å². The van der Waals surface area contributed by atoms with Crippen LogP contribution >= 0.6 is 11.8 Å². The molecule has 1 fully saturated rings. The second kappa shape index (κ2) is 9.21. The van der Waals surface area contributed by atoms with Crippen molar-refractivity contribution in [2.24, 2.45) is 0 Å². The number of hydrogen-bond donors (Lipinski definition) is 1. The summed E-state index contributed by atoms with van der Waals surface area (Å²) in [6.07, 6.45) is 4.88. The van der Waals surface area contributed by atoms with Crippen LogP contribution in [0.1, 0.15) is 25.0 Å². The van der Waals surface area contributed by atoms with E-state index in [1.807, 2.05) is 42.3 Å². The van der Waals surface area contributed by atoms with Crippen LogP contribution in [0.4, 0.5) is 0 Å². The largest absolute Gasteiger partial charge is 0.480 e. The monoisotopic (exact) mass is 375 g/mol. The Morgan fingerprint density at radius 2 is 2.23 bits per heavy atom. The van der Waals surface area contributed by atoms with E-state index in [4.69, 9.17) is 9.52 Å². The second-order valence-electron chi connectivity index (χ2n) is 6.66. The Labute approximate surface area is 158 Å². The van der Waals surface area contributed by atoms with E-state index in [9.17, 15) is 4.79 Å². The number of rotatable bonds is 7. The molecule has 3 rings (SSSR count). The van der Waals surface area contributed by atoms with Gasteiger partial charge in [0, 0.05) is 18.8 Å². The minimum atomic E-state index is -0.762. The van der Waals surface area contributed by atoms with Gasteiger partial charge in [-0.15, -0.1) is 0 Å². The maximum absolute atomic E-state index is 10.9. The molecule has 0 aliphatic carbocycles. The molecule has 3 heterocycles.